The number of hydrogen-bond donors (Lipinski definition) is 1. The van der Waals surface area contributed by atoms with E-state index in [0.717, 1.165) is 5.06 Å². The third-order valence-corrected chi connectivity index (χ3v) is 1.14. The van der Waals surface area contributed by atoms with Crippen LogP contribution in [-0.2, 0) is 14.4 Å². The molecule has 6 heteroatoms. The van der Waals surface area contributed by atoms with Crippen molar-refractivity contribution >= 4 is 18.3 Å². The Bertz CT molecular complexity index is 215. The van der Waals surface area contributed by atoms with Gasteiger partial charge in [0, 0.05) is 0 Å². The zero-order valence-corrected chi connectivity index (χ0v) is 5.44. The SMILES string of the molecule is NC(=O)C[C@@H]([C]=O)N1OC1=O. The topological polar surface area (TPSA) is 92.8 Å². The molecule has 59 valence electrons. The summed E-state index contributed by atoms with van der Waals surface area (Å²) in [5.74, 6) is -0.679. The highest BCUT2D eigenvalue weighted by molar-refractivity contribution is 5.85. The number of amides is 2. The maximum absolute atomic E-state index is 10.3. The molecule has 1 heterocycles. The molecule has 0 unspecified atom stereocenters. The standard InChI is InChI=1S/C5H5N2O4/c6-4(9)1-3(2-8)7-5(10)11-7/h3H,1H2,(H2,6,9)/t3-,7?/m0/s1. The molecule has 0 aliphatic carbocycles. The van der Waals surface area contributed by atoms with Gasteiger partial charge >= 0.3 is 6.09 Å². The van der Waals surface area contributed by atoms with Gasteiger partial charge < -0.3 is 10.6 Å². The van der Waals surface area contributed by atoms with Crippen LogP contribution in [0.3, 0.4) is 0 Å². The van der Waals surface area contributed by atoms with E-state index in [1.165, 1.54) is 6.29 Å². The molecule has 1 atom stereocenters. The minimum Gasteiger partial charge on any atom is -0.370 e. The van der Waals surface area contributed by atoms with Gasteiger partial charge in [-0.3, -0.25) is 9.59 Å². The number of primary amides is 1. The first-order valence-electron chi connectivity index (χ1n) is 2.82. The van der Waals surface area contributed by atoms with Gasteiger partial charge in [0.2, 0.25) is 12.2 Å². The summed E-state index contributed by atoms with van der Waals surface area (Å²) in [5, 5.41) is 0.748. The highest BCUT2D eigenvalue weighted by Gasteiger charge is 2.42. The molecule has 0 bridgehead atoms. The molecule has 1 fully saturated rings. The number of nitrogens with two attached hydrogens (primary N) is 1. The predicted octanol–water partition coefficient (Wildman–Crippen LogP) is -1.29. The van der Waals surface area contributed by atoms with Gasteiger partial charge in [-0.1, -0.05) is 0 Å². The highest BCUT2D eigenvalue weighted by atomic mass is 16.9. The fourth-order valence-corrected chi connectivity index (χ4v) is 0.618. The molecule has 0 spiro atoms. The van der Waals surface area contributed by atoms with E-state index in [1.807, 2.05) is 0 Å². The van der Waals surface area contributed by atoms with Crippen LogP contribution in [0.1, 0.15) is 6.42 Å². The van der Waals surface area contributed by atoms with E-state index in [2.05, 4.69) is 4.84 Å². The van der Waals surface area contributed by atoms with Gasteiger partial charge in [-0.05, 0) is 0 Å². The third-order valence-electron chi connectivity index (χ3n) is 1.14. The lowest BCUT2D eigenvalue weighted by Gasteiger charge is -1.99. The molecule has 0 aromatic rings. The van der Waals surface area contributed by atoms with Gasteiger partial charge in [0.15, 0.2) is 0 Å². The first kappa shape index (κ1) is 7.52. The summed E-state index contributed by atoms with van der Waals surface area (Å²) < 4.78 is 0. The van der Waals surface area contributed by atoms with Gasteiger partial charge in [0.25, 0.3) is 0 Å². The number of hydroxylamine groups is 2. The average Bonchev–Trinajstić information content (AvgIpc) is 2.61. The zero-order chi connectivity index (χ0) is 8.43. The third kappa shape index (κ3) is 1.66. The van der Waals surface area contributed by atoms with Crippen molar-refractivity contribution in [1.82, 2.24) is 5.06 Å². The summed E-state index contributed by atoms with van der Waals surface area (Å²) in [6.07, 6.45) is 0.561. The lowest BCUT2D eigenvalue weighted by Crippen LogP contribution is -2.27. The molecule has 0 saturated carbocycles. The minimum absolute atomic E-state index is 0.255. The summed E-state index contributed by atoms with van der Waals surface area (Å²) in [6, 6.07) is -0.986. The Morgan fingerprint density at radius 3 is 2.64 bits per heavy atom. The first-order chi connectivity index (χ1) is 5.15. The smallest absolute Gasteiger partial charge is 0.370 e. The molecule has 1 saturated heterocycles. The zero-order valence-electron chi connectivity index (χ0n) is 5.44. The Morgan fingerprint density at radius 1 is 1.82 bits per heavy atom. The van der Waals surface area contributed by atoms with Crippen LogP contribution in [0.25, 0.3) is 0 Å². The molecule has 0 aromatic heterocycles. The van der Waals surface area contributed by atoms with E-state index in [-0.39, 0.29) is 6.42 Å². The van der Waals surface area contributed by atoms with E-state index < -0.39 is 18.0 Å². The second-order valence-corrected chi connectivity index (χ2v) is 1.99. The monoisotopic (exact) mass is 157 g/mol. The van der Waals surface area contributed by atoms with E-state index in [0.29, 0.717) is 0 Å². The summed E-state index contributed by atoms with van der Waals surface area (Å²) >= 11 is 0. The van der Waals surface area contributed by atoms with E-state index in [1.54, 1.807) is 0 Å². The van der Waals surface area contributed by atoms with Crippen LogP contribution in [0.5, 0.6) is 0 Å². The molecule has 11 heavy (non-hydrogen) atoms. The maximum Gasteiger partial charge on any atom is 0.468 e. The molecule has 1 rings (SSSR count). The average molecular weight is 157 g/mol. The number of carbonyl (C=O) groups excluding carboxylic acids is 3. The second-order valence-electron chi connectivity index (χ2n) is 1.99. The Balaban J connectivity index is 2.44. The van der Waals surface area contributed by atoms with Crippen LogP contribution in [0.15, 0.2) is 0 Å². The van der Waals surface area contributed by atoms with E-state index in [9.17, 15) is 14.4 Å². The Morgan fingerprint density at radius 2 is 2.36 bits per heavy atom. The van der Waals surface area contributed by atoms with Gasteiger partial charge in [-0.2, -0.15) is 0 Å². The van der Waals surface area contributed by atoms with Crippen molar-refractivity contribution in [2.24, 2.45) is 5.73 Å². The lowest BCUT2D eigenvalue weighted by atomic mass is 10.2. The number of hydrogen-bond acceptors (Lipinski definition) is 4. The quantitative estimate of drug-likeness (QED) is 0.513. The number of nitrogens with zero attached hydrogens (tertiary/aromatic N) is 1. The summed E-state index contributed by atoms with van der Waals surface area (Å²) in [4.78, 5) is 34.8. The second kappa shape index (κ2) is 2.57. The molecule has 2 amide bonds. The molecule has 6 nitrogen and oxygen atoms in total. The van der Waals surface area contributed by atoms with Crippen molar-refractivity contribution in [1.29, 1.82) is 0 Å². The van der Waals surface area contributed by atoms with E-state index in [4.69, 9.17) is 5.73 Å². The van der Waals surface area contributed by atoms with Gasteiger partial charge in [0.05, 0.1) is 6.42 Å². The maximum atomic E-state index is 10.3. The predicted molar refractivity (Wildman–Crippen MR) is 31.6 cm³/mol. The molecule has 0 aromatic carbocycles. The highest BCUT2D eigenvalue weighted by Crippen LogP contribution is 2.17. The van der Waals surface area contributed by atoms with Crippen molar-refractivity contribution < 1.29 is 19.2 Å². The van der Waals surface area contributed by atoms with Crippen molar-refractivity contribution in [2.75, 3.05) is 0 Å². The fourth-order valence-electron chi connectivity index (χ4n) is 0.618. The summed E-state index contributed by atoms with van der Waals surface area (Å²) in [6.45, 7) is 0. The van der Waals surface area contributed by atoms with Crippen molar-refractivity contribution in [3.8, 4) is 0 Å². The van der Waals surface area contributed by atoms with Crippen LogP contribution in [0.4, 0.5) is 4.79 Å². The Kier molecular flexibility index (Phi) is 1.75. The molecule has 2 N–H and O–H groups in total. The number of carbonyl (C=O) groups is 2. The largest absolute Gasteiger partial charge is 0.468 e. The van der Waals surface area contributed by atoms with Gasteiger partial charge in [-0.15, -0.1) is 5.06 Å². The van der Waals surface area contributed by atoms with Crippen molar-refractivity contribution in [3.63, 3.8) is 0 Å². The van der Waals surface area contributed by atoms with Crippen molar-refractivity contribution in [3.05, 3.63) is 0 Å². The molecular weight excluding hydrogens is 152 g/mol. The Hall–Kier alpha value is -1.59. The van der Waals surface area contributed by atoms with Gasteiger partial charge in [-0.25, -0.2) is 4.79 Å². The first-order valence-corrected chi connectivity index (χ1v) is 2.82. The van der Waals surface area contributed by atoms with Crippen LogP contribution in [0.2, 0.25) is 0 Å². The summed E-state index contributed by atoms with van der Waals surface area (Å²) in [7, 11) is 0. The van der Waals surface area contributed by atoms with Crippen LogP contribution in [-0.4, -0.2) is 29.4 Å². The fraction of sp³-hybridized carbons (Fsp3) is 0.400. The summed E-state index contributed by atoms with van der Waals surface area (Å²) in [5.41, 5.74) is 4.77. The van der Waals surface area contributed by atoms with Crippen molar-refractivity contribution in [2.45, 2.75) is 12.5 Å². The molecule has 1 aliphatic heterocycles. The van der Waals surface area contributed by atoms with E-state index >= 15 is 0 Å². The molecular formula is C5H5N2O4. The van der Waals surface area contributed by atoms with Crippen LogP contribution in [0, 0.1) is 0 Å². The molecule has 1 radical (unpaired) electrons. The van der Waals surface area contributed by atoms with Gasteiger partial charge in [0.1, 0.15) is 6.04 Å². The van der Waals surface area contributed by atoms with Crippen LogP contribution < -0.4 is 5.73 Å². The van der Waals surface area contributed by atoms with Crippen LogP contribution >= 0.6 is 0 Å². The lowest BCUT2D eigenvalue weighted by molar-refractivity contribution is -0.118. The minimum atomic E-state index is -0.986. The molecule has 1 aliphatic rings. The number of rotatable bonds is 4. The Labute approximate surface area is 61.8 Å². The normalized spacial score (nSPS) is 17.1.